The SMILES string of the molecule is CCC(C)(C)CC[C@](C)(N)CC[C@]1(C)CC(=O)C[C@@H]2[C@@]3(C)C=C(C#N)C(=O)C(C)(C)C3CC[C@]21C. The predicted molar refractivity (Wildman–Crippen MR) is 142 cm³/mol. The number of ketones is 2. The lowest BCUT2D eigenvalue weighted by molar-refractivity contribution is -0.174. The summed E-state index contributed by atoms with van der Waals surface area (Å²) < 4.78 is 0. The highest BCUT2D eigenvalue weighted by molar-refractivity contribution is 6.04. The molecule has 0 aromatic carbocycles. The Balaban J connectivity index is 1.94. The minimum absolute atomic E-state index is 0.0372. The number of Topliss-reactive ketones (excluding diaryl/α,β-unsaturated/α-hetero) is 2. The van der Waals surface area contributed by atoms with Gasteiger partial charge in [-0.05, 0) is 78.9 Å². The van der Waals surface area contributed by atoms with E-state index in [1.807, 2.05) is 19.9 Å². The summed E-state index contributed by atoms with van der Waals surface area (Å²) in [7, 11) is 0. The number of nitrogens with two attached hydrogens (primary N) is 1. The van der Waals surface area contributed by atoms with E-state index in [2.05, 4.69) is 54.5 Å². The molecule has 6 atom stereocenters. The van der Waals surface area contributed by atoms with Crippen LogP contribution >= 0.6 is 0 Å². The first-order valence-electron chi connectivity index (χ1n) is 13.9. The minimum Gasteiger partial charge on any atom is -0.325 e. The van der Waals surface area contributed by atoms with Crippen LogP contribution in [0.25, 0.3) is 0 Å². The minimum atomic E-state index is -0.589. The van der Waals surface area contributed by atoms with E-state index in [0.29, 0.717) is 24.0 Å². The molecule has 4 heteroatoms. The maximum absolute atomic E-state index is 13.3. The molecule has 3 aliphatic rings. The Hall–Kier alpha value is -1.47. The lowest BCUT2D eigenvalue weighted by Crippen LogP contribution is -2.62. The summed E-state index contributed by atoms with van der Waals surface area (Å²) in [5.74, 6) is 0.553. The Bertz CT molecular complexity index is 952. The molecule has 0 bridgehead atoms. The van der Waals surface area contributed by atoms with Crippen LogP contribution in [0.5, 0.6) is 0 Å². The summed E-state index contributed by atoms with van der Waals surface area (Å²) >= 11 is 0. The molecule has 0 radical (unpaired) electrons. The van der Waals surface area contributed by atoms with Gasteiger partial charge in [0.1, 0.15) is 11.9 Å². The van der Waals surface area contributed by atoms with Crippen molar-refractivity contribution in [1.82, 2.24) is 0 Å². The largest absolute Gasteiger partial charge is 0.325 e. The molecule has 0 saturated heterocycles. The second-order valence-corrected chi connectivity index (χ2v) is 14.8. The molecule has 4 nitrogen and oxygen atoms in total. The van der Waals surface area contributed by atoms with Crippen molar-refractivity contribution in [3.63, 3.8) is 0 Å². The highest BCUT2D eigenvalue weighted by Crippen LogP contribution is 2.70. The van der Waals surface area contributed by atoms with Crippen molar-refractivity contribution in [2.24, 2.45) is 44.6 Å². The van der Waals surface area contributed by atoms with Gasteiger partial charge in [-0.3, -0.25) is 9.59 Å². The molecule has 0 spiro atoms. The van der Waals surface area contributed by atoms with E-state index in [0.717, 1.165) is 44.9 Å². The van der Waals surface area contributed by atoms with Crippen LogP contribution in [-0.2, 0) is 9.59 Å². The van der Waals surface area contributed by atoms with E-state index in [1.165, 1.54) is 0 Å². The molecule has 196 valence electrons. The normalized spacial score (nSPS) is 38.6. The van der Waals surface area contributed by atoms with Crippen LogP contribution in [0.3, 0.4) is 0 Å². The maximum Gasteiger partial charge on any atom is 0.178 e. The quantitative estimate of drug-likeness (QED) is 0.417. The lowest BCUT2D eigenvalue weighted by atomic mass is 9.37. The first-order valence-corrected chi connectivity index (χ1v) is 13.9. The van der Waals surface area contributed by atoms with Gasteiger partial charge in [0.05, 0.1) is 5.57 Å². The standard InChI is InChI=1S/C31H50N2O2/c1-10-26(2,3)13-15-29(7,33)16-14-28(6)19-22(34)17-24-30(8)18-21(20-32)25(35)27(4,5)23(30)11-12-31(24,28)9/h18,23-24H,10-17,19,33H2,1-9H3/t23?,24-,28-,29+,30+,31-/m1/s1. The number of fused-ring (bicyclic) bond motifs is 3. The molecule has 0 aromatic rings. The van der Waals surface area contributed by atoms with E-state index in [9.17, 15) is 14.9 Å². The third-order valence-corrected chi connectivity index (χ3v) is 11.5. The molecule has 0 aromatic heterocycles. The van der Waals surface area contributed by atoms with E-state index in [4.69, 9.17) is 5.73 Å². The molecular formula is C31H50N2O2. The number of carbonyl (C=O) groups is 2. The van der Waals surface area contributed by atoms with Crippen molar-refractivity contribution in [3.05, 3.63) is 11.6 Å². The van der Waals surface area contributed by atoms with Gasteiger partial charge in [-0.15, -0.1) is 0 Å². The topological polar surface area (TPSA) is 83.9 Å². The highest BCUT2D eigenvalue weighted by atomic mass is 16.1. The van der Waals surface area contributed by atoms with Crippen LogP contribution in [0, 0.1) is 50.2 Å². The van der Waals surface area contributed by atoms with E-state index >= 15 is 0 Å². The van der Waals surface area contributed by atoms with Gasteiger partial charge in [-0.25, -0.2) is 0 Å². The number of hydrogen-bond donors (Lipinski definition) is 1. The average Bonchev–Trinajstić information content (AvgIpc) is 2.76. The van der Waals surface area contributed by atoms with Crippen molar-refractivity contribution < 1.29 is 9.59 Å². The number of carbonyl (C=O) groups excluding carboxylic acids is 2. The smallest absolute Gasteiger partial charge is 0.178 e. The van der Waals surface area contributed by atoms with Crippen LogP contribution in [0.4, 0.5) is 0 Å². The zero-order valence-electron chi connectivity index (χ0n) is 23.9. The zero-order valence-corrected chi connectivity index (χ0v) is 23.9. The molecule has 2 N–H and O–H groups in total. The molecular weight excluding hydrogens is 432 g/mol. The molecule has 2 fully saturated rings. The molecule has 2 saturated carbocycles. The van der Waals surface area contributed by atoms with Gasteiger partial charge < -0.3 is 5.73 Å². The van der Waals surface area contributed by atoms with Crippen molar-refractivity contribution in [3.8, 4) is 6.07 Å². The molecule has 3 rings (SSSR count). The molecule has 35 heavy (non-hydrogen) atoms. The fourth-order valence-corrected chi connectivity index (χ4v) is 8.13. The number of rotatable bonds is 7. The molecule has 0 heterocycles. The first-order chi connectivity index (χ1) is 15.9. The third-order valence-electron chi connectivity index (χ3n) is 11.5. The van der Waals surface area contributed by atoms with Gasteiger partial charge in [-0.2, -0.15) is 5.26 Å². The van der Waals surface area contributed by atoms with Gasteiger partial charge in [0.2, 0.25) is 0 Å². The second-order valence-electron chi connectivity index (χ2n) is 14.8. The van der Waals surface area contributed by atoms with Crippen LogP contribution in [-0.4, -0.2) is 17.1 Å². The number of allylic oxidation sites excluding steroid dienone is 2. The van der Waals surface area contributed by atoms with Crippen LogP contribution < -0.4 is 5.73 Å². The summed E-state index contributed by atoms with van der Waals surface area (Å²) in [6.45, 7) is 20.0. The second kappa shape index (κ2) is 8.83. The monoisotopic (exact) mass is 482 g/mol. The predicted octanol–water partition coefficient (Wildman–Crippen LogP) is 7.17. The van der Waals surface area contributed by atoms with E-state index in [1.54, 1.807) is 0 Å². The van der Waals surface area contributed by atoms with Gasteiger partial charge in [0.15, 0.2) is 5.78 Å². The fraction of sp³-hybridized carbons (Fsp3) is 0.839. The van der Waals surface area contributed by atoms with Gasteiger partial charge >= 0.3 is 0 Å². The van der Waals surface area contributed by atoms with Crippen LogP contribution in [0.15, 0.2) is 11.6 Å². The Labute approximate surface area is 214 Å². The molecule has 0 amide bonds. The van der Waals surface area contributed by atoms with Crippen LogP contribution in [0.1, 0.15) is 120 Å². The Morgan fingerprint density at radius 3 is 2.26 bits per heavy atom. The Morgan fingerprint density at radius 1 is 1.06 bits per heavy atom. The number of nitrogens with zero attached hydrogens (tertiary/aromatic N) is 1. The van der Waals surface area contributed by atoms with E-state index in [-0.39, 0.29) is 45.0 Å². The summed E-state index contributed by atoms with van der Waals surface area (Å²) in [4.78, 5) is 26.4. The van der Waals surface area contributed by atoms with Crippen LogP contribution in [0.2, 0.25) is 0 Å². The van der Waals surface area contributed by atoms with Gasteiger partial charge in [-0.1, -0.05) is 67.9 Å². The van der Waals surface area contributed by atoms with E-state index < -0.39 is 5.41 Å². The van der Waals surface area contributed by atoms with Crippen molar-refractivity contribution in [2.45, 2.75) is 126 Å². The Kier molecular flexibility index (Phi) is 7.09. The summed E-state index contributed by atoms with van der Waals surface area (Å²) in [5, 5.41) is 9.79. The van der Waals surface area contributed by atoms with Crippen molar-refractivity contribution >= 4 is 11.6 Å². The first kappa shape index (κ1) is 28.1. The fourth-order valence-electron chi connectivity index (χ4n) is 8.13. The maximum atomic E-state index is 13.3. The van der Waals surface area contributed by atoms with Gasteiger partial charge in [0.25, 0.3) is 0 Å². The third kappa shape index (κ3) is 4.68. The van der Waals surface area contributed by atoms with Gasteiger partial charge in [0, 0.05) is 23.8 Å². The molecule has 1 unspecified atom stereocenters. The highest BCUT2D eigenvalue weighted by Gasteiger charge is 2.66. The average molecular weight is 483 g/mol. The van der Waals surface area contributed by atoms with Crippen molar-refractivity contribution in [2.75, 3.05) is 0 Å². The zero-order chi connectivity index (χ0) is 26.7. The number of hydrogen-bond acceptors (Lipinski definition) is 4. The summed E-state index contributed by atoms with van der Waals surface area (Å²) in [5.41, 5.74) is 6.06. The molecule has 3 aliphatic carbocycles. The summed E-state index contributed by atoms with van der Waals surface area (Å²) in [6, 6.07) is 2.19. The lowest BCUT2D eigenvalue weighted by Gasteiger charge is -2.66. The Morgan fingerprint density at radius 2 is 1.69 bits per heavy atom. The summed E-state index contributed by atoms with van der Waals surface area (Å²) in [6.07, 6.45) is 10.2. The number of nitriles is 1. The van der Waals surface area contributed by atoms with Crippen molar-refractivity contribution in [1.29, 1.82) is 5.26 Å². The molecule has 0 aliphatic heterocycles.